The molecule has 1 aromatic heterocycles. The molecule has 0 aliphatic carbocycles. The predicted molar refractivity (Wildman–Crippen MR) is 87.6 cm³/mol. The number of hydrogen-bond acceptors (Lipinski definition) is 5. The van der Waals surface area contributed by atoms with Crippen LogP contribution in [0.1, 0.15) is 30.5 Å². The number of nitrogens with zero attached hydrogens (tertiary/aromatic N) is 3. The summed E-state index contributed by atoms with van der Waals surface area (Å²) >= 11 is 5.67. The Hall–Kier alpha value is -2.48. The molecule has 1 aromatic carbocycles. The van der Waals surface area contributed by atoms with Crippen molar-refractivity contribution >= 4 is 29.1 Å². The van der Waals surface area contributed by atoms with Crippen molar-refractivity contribution in [3.63, 3.8) is 0 Å². The van der Waals surface area contributed by atoms with Gasteiger partial charge in [-0.25, -0.2) is 4.39 Å². The number of halogens is 2. The second kappa shape index (κ2) is 7.18. The number of likely N-dealkylation sites (tertiary alicyclic amines) is 1. The molecule has 25 heavy (non-hydrogen) atoms. The topological polar surface area (TPSA) is 88.3 Å². The van der Waals surface area contributed by atoms with E-state index in [0.29, 0.717) is 31.2 Å². The SMILES string of the molecule is Cc1noc(C2CCCN(C(=O)C(=O)Nc3ccc(Cl)cc3F)C2)n1. The normalized spacial score (nSPS) is 17.4. The Morgan fingerprint density at radius 1 is 1.44 bits per heavy atom. The number of amides is 2. The van der Waals surface area contributed by atoms with E-state index in [4.69, 9.17) is 16.1 Å². The lowest BCUT2D eigenvalue weighted by Gasteiger charge is -2.30. The Labute approximate surface area is 148 Å². The number of benzene rings is 1. The molecule has 1 aliphatic heterocycles. The molecule has 2 heterocycles. The fourth-order valence-electron chi connectivity index (χ4n) is 2.75. The minimum Gasteiger partial charge on any atom is -0.339 e. The lowest BCUT2D eigenvalue weighted by Crippen LogP contribution is -2.44. The van der Waals surface area contributed by atoms with Gasteiger partial charge in [-0.1, -0.05) is 16.8 Å². The minimum atomic E-state index is -0.899. The molecule has 1 unspecified atom stereocenters. The summed E-state index contributed by atoms with van der Waals surface area (Å²) in [6.07, 6.45) is 1.50. The van der Waals surface area contributed by atoms with Gasteiger partial charge in [-0.3, -0.25) is 9.59 Å². The highest BCUT2D eigenvalue weighted by Crippen LogP contribution is 2.26. The molecule has 0 radical (unpaired) electrons. The highest BCUT2D eigenvalue weighted by molar-refractivity contribution is 6.39. The Balaban J connectivity index is 1.66. The van der Waals surface area contributed by atoms with Crippen molar-refractivity contribution in [3.8, 4) is 0 Å². The Morgan fingerprint density at radius 2 is 2.24 bits per heavy atom. The van der Waals surface area contributed by atoms with Gasteiger partial charge >= 0.3 is 11.8 Å². The molecule has 0 saturated carbocycles. The average molecular weight is 367 g/mol. The summed E-state index contributed by atoms with van der Waals surface area (Å²) < 4.78 is 18.9. The second-order valence-electron chi connectivity index (χ2n) is 5.85. The molecule has 1 saturated heterocycles. The van der Waals surface area contributed by atoms with E-state index in [1.165, 1.54) is 17.0 Å². The monoisotopic (exact) mass is 366 g/mol. The van der Waals surface area contributed by atoms with Crippen molar-refractivity contribution in [2.45, 2.75) is 25.7 Å². The zero-order valence-corrected chi connectivity index (χ0v) is 14.2. The van der Waals surface area contributed by atoms with E-state index >= 15 is 0 Å². The lowest BCUT2D eigenvalue weighted by molar-refractivity contribution is -0.144. The number of nitrogens with one attached hydrogen (secondary N) is 1. The molecule has 0 bridgehead atoms. The van der Waals surface area contributed by atoms with Crippen LogP contribution in [0.25, 0.3) is 0 Å². The maximum atomic E-state index is 13.8. The lowest BCUT2D eigenvalue weighted by atomic mass is 9.98. The summed E-state index contributed by atoms with van der Waals surface area (Å²) in [5.74, 6) is -1.46. The van der Waals surface area contributed by atoms with Crippen molar-refractivity contribution in [2.24, 2.45) is 0 Å². The van der Waals surface area contributed by atoms with Crippen LogP contribution in [-0.2, 0) is 9.59 Å². The van der Waals surface area contributed by atoms with Crippen molar-refractivity contribution < 1.29 is 18.5 Å². The van der Waals surface area contributed by atoms with Crippen LogP contribution in [-0.4, -0.2) is 39.9 Å². The van der Waals surface area contributed by atoms with Crippen LogP contribution in [0.4, 0.5) is 10.1 Å². The summed E-state index contributed by atoms with van der Waals surface area (Å²) in [5.41, 5.74) is -0.0937. The van der Waals surface area contributed by atoms with Gasteiger partial charge in [0.2, 0.25) is 5.89 Å². The van der Waals surface area contributed by atoms with E-state index in [0.717, 1.165) is 12.5 Å². The van der Waals surface area contributed by atoms with Crippen molar-refractivity contribution in [3.05, 3.63) is 40.8 Å². The fourth-order valence-corrected chi connectivity index (χ4v) is 2.91. The van der Waals surface area contributed by atoms with Crippen LogP contribution in [0.15, 0.2) is 22.7 Å². The van der Waals surface area contributed by atoms with Crippen LogP contribution in [0.5, 0.6) is 0 Å². The highest BCUT2D eigenvalue weighted by atomic mass is 35.5. The molecule has 2 amide bonds. The Kier molecular flexibility index (Phi) is 4.98. The largest absolute Gasteiger partial charge is 0.339 e. The van der Waals surface area contributed by atoms with Gasteiger partial charge in [-0.15, -0.1) is 0 Å². The maximum Gasteiger partial charge on any atom is 0.313 e. The minimum absolute atomic E-state index is 0.0937. The number of rotatable bonds is 2. The third-order valence-electron chi connectivity index (χ3n) is 3.97. The van der Waals surface area contributed by atoms with Gasteiger partial charge in [-0.05, 0) is 38.0 Å². The first-order valence-corrected chi connectivity index (χ1v) is 8.17. The van der Waals surface area contributed by atoms with Gasteiger partial charge in [-0.2, -0.15) is 4.98 Å². The zero-order chi connectivity index (χ0) is 18.0. The molecular weight excluding hydrogens is 351 g/mol. The summed E-state index contributed by atoms with van der Waals surface area (Å²) in [6.45, 7) is 2.46. The number of aromatic nitrogens is 2. The smallest absolute Gasteiger partial charge is 0.313 e. The first-order valence-electron chi connectivity index (χ1n) is 7.79. The average Bonchev–Trinajstić information content (AvgIpc) is 3.03. The zero-order valence-electron chi connectivity index (χ0n) is 13.5. The molecule has 132 valence electrons. The first kappa shape index (κ1) is 17.3. The number of piperidine rings is 1. The Bertz CT molecular complexity index is 810. The molecular formula is C16H16ClFN4O3. The Morgan fingerprint density at radius 3 is 2.92 bits per heavy atom. The molecule has 2 aromatic rings. The third-order valence-corrected chi connectivity index (χ3v) is 4.21. The van der Waals surface area contributed by atoms with Crippen molar-refractivity contribution in [1.82, 2.24) is 15.0 Å². The van der Waals surface area contributed by atoms with E-state index in [-0.39, 0.29) is 16.6 Å². The van der Waals surface area contributed by atoms with Gasteiger partial charge in [0, 0.05) is 18.1 Å². The number of carbonyl (C=O) groups is 2. The van der Waals surface area contributed by atoms with Gasteiger partial charge < -0.3 is 14.7 Å². The molecule has 9 heteroatoms. The van der Waals surface area contributed by atoms with Gasteiger partial charge in [0.05, 0.1) is 11.6 Å². The predicted octanol–water partition coefficient (Wildman–Crippen LogP) is 2.52. The van der Waals surface area contributed by atoms with Crippen LogP contribution >= 0.6 is 11.6 Å². The van der Waals surface area contributed by atoms with E-state index in [9.17, 15) is 14.0 Å². The molecule has 3 rings (SSSR count). The molecule has 7 nitrogen and oxygen atoms in total. The summed E-state index contributed by atoms with van der Waals surface area (Å²) in [6, 6.07) is 3.80. The standard InChI is InChI=1S/C16H16ClFN4O3/c1-9-19-15(25-21-9)10-3-2-6-22(8-10)16(24)14(23)20-13-5-4-11(17)7-12(13)18/h4-5,7,10H,2-3,6,8H2,1H3,(H,20,23). The number of carbonyl (C=O) groups excluding carboxylic acids is 2. The van der Waals surface area contributed by atoms with Crippen LogP contribution in [0.2, 0.25) is 5.02 Å². The quantitative estimate of drug-likeness (QED) is 0.825. The van der Waals surface area contributed by atoms with Gasteiger partial charge in [0.1, 0.15) is 5.82 Å². The first-order chi connectivity index (χ1) is 11.9. The maximum absolute atomic E-state index is 13.8. The summed E-state index contributed by atoms with van der Waals surface area (Å²) in [4.78, 5) is 30.1. The van der Waals surface area contributed by atoms with Crippen LogP contribution in [0.3, 0.4) is 0 Å². The van der Waals surface area contributed by atoms with E-state index in [2.05, 4.69) is 15.5 Å². The van der Waals surface area contributed by atoms with Gasteiger partial charge in [0.25, 0.3) is 0 Å². The van der Waals surface area contributed by atoms with Crippen LogP contribution < -0.4 is 5.32 Å². The molecule has 1 N–H and O–H groups in total. The summed E-state index contributed by atoms with van der Waals surface area (Å²) in [5, 5.41) is 6.23. The summed E-state index contributed by atoms with van der Waals surface area (Å²) in [7, 11) is 0. The molecule has 1 atom stereocenters. The van der Waals surface area contributed by atoms with Crippen molar-refractivity contribution in [2.75, 3.05) is 18.4 Å². The number of aryl methyl sites for hydroxylation is 1. The van der Waals surface area contributed by atoms with Crippen LogP contribution in [0, 0.1) is 12.7 Å². The van der Waals surface area contributed by atoms with E-state index in [1.807, 2.05) is 0 Å². The second-order valence-corrected chi connectivity index (χ2v) is 6.28. The fraction of sp³-hybridized carbons (Fsp3) is 0.375. The van der Waals surface area contributed by atoms with Crippen molar-refractivity contribution in [1.29, 1.82) is 0 Å². The van der Waals surface area contributed by atoms with E-state index in [1.54, 1.807) is 6.92 Å². The highest BCUT2D eigenvalue weighted by Gasteiger charge is 2.31. The van der Waals surface area contributed by atoms with E-state index < -0.39 is 17.6 Å². The molecule has 1 fully saturated rings. The number of hydrogen-bond donors (Lipinski definition) is 1. The molecule has 1 aliphatic rings. The molecule has 0 spiro atoms. The van der Waals surface area contributed by atoms with Gasteiger partial charge in [0.15, 0.2) is 5.82 Å². The number of anilines is 1. The third kappa shape index (κ3) is 3.96.